The number of aromatic nitrogens is 1. The molecule has 21 heavy (non-hydrogen) atoms. The van der Waals surface area contributed by atoms with Gasteiger partial charge in [0.25, 0.3) is 5.91 Å². The lowest BCUT2D eigenvalue weighted by Crippen LogP contribution is -2.40. The van der Waals surface area contributed by atoms with Crippen LogP contribution in [0, 0.1) is 5.92 Å². The van der Waals surface area contributed by atoms with Gasteiger partial charge in [0.1, 0.15) is 5.82 Å². The molecule has 0 aliphatic heterocycles. The highest BCUT2D eigenvalue weighted by Gasteiger charge is 2.25. The zero-order valence-corrected chi connectivity index (χ0v) is 13.4. The Morgan fingerprint density at radius 3 is 2.71 bits per heavy atom. The summed E-state index contributed by atoms with van der Waals surface area (Å²) in [5, 5.41) is 6.41. The highest BCUT2D eigenvalue weighted by Crippen LogP contribution is 2.29. The number of amides is 1. The summed E-state index contributed by atoms with van der Waals surface area (Å²) in [5.74, 6) is 1.47. The maximum absolute atomic E-state index is 12.4. The second-order valence-electron chi connectivity index (χ2n) is 5.97. The Hall–Kier alpha value is -1.58. The molecule has 0 saturated heterocycles. The number of nitrogens with zero attached hydrogens (tertiary/aromatic N) is 1. The number of anilines is 1. The van der Waals surface area contributed by atoms with Gasteiger partial charge in [-0.3, -0.25) is 4.79 Å². The highest BCUT2D eigenvalue weighted by atomic mass is 16.1. The molecule has 0 bridgehead atoms. The minimum Gasteiger partial charge on any atom is -0.370 e. The smallest absolute Gasteiger partial charge is 0.251 e. The molecule has 1 unspecified atom stereocenters. The molecule has 1 aliphatic rings. The molecular weight excluding hydrogens is 262 g/mol. The van der Waals surface area contributed by atoms with E-state index in [1.165, 1.54) is 19.3 Å². The van der Waals surface area contributed by atoms with Crippen molar-refractivity contribution in [3.8, 4) is 0 Å². The van der Waals surface area contributed by atoms with Crippen LogP contribution in [0.4, 0.5) is 5.82 Å². The minimum atomic E-state index is 0.0195. The zero-order valence-electron chi connectivity index (χ0n) is 13.4. The molecular formula is C17H27N3O. The van der Waals surface area contributed by atoms with Gasteiger partial charge in [0.15, 0.2) is 0 Å². The van der Waals surface area contributed by atoms with Crippen molar-refractivity contribution >= 4 is 11.7 Å². The molecule has 1 atom stereocenters. The van der Waals surface area contributed by atoms with Gasteiger partial charge >= 0.3 is 0 Å². The molecule has 1 aliphatic carbocycles. The molecule has 1 aromatic heterocycles. The van der Waals surface area contributed by atoms with E-state index in [1.807, 2.05) is 12.1 Å². The third-order valence-corrected chi connectivity index (χ3v) is 4.27. The first-order chi connectivity index (χ1) is 10.1. The molecule has 4 heteroatoms. The van der Waals surface area contributed by atoms with E-state index in [0.717, 1.165) is 30.9 Å². The van der Waals surface area contributed by atoms with Crippen molar-refractivity contribution in [3.63, 3.8) is 0 Å². The summed E-state index contributed by atoms with van der Waals surface area (Å²) in [7, 11) is 0. The summed E-state index contributed by atoms with van der Waals surface area (Å²) in [6, 6.07) is 4.02. The fourth-order valence-corrected chi connectivity index (χ4v) is 2.59. The van der Waals surface area contributed by atoms with E-state index < -0.39 is 0 Å². The normalized spacial score (nSPS) is 16.1. The van der Waals surface area contributed by atoms with Gasteiger partial charge in [-0.15, -0.1) is 0 Å². The van der Waals surface area contributed by atoms with Crippen LogP contribution in [-0.4, -0.2) is 23.5 Å². The molecule has 116 valence electrons. The van der Waals surface area contributed by atoms with Gasteiger partial charge in [0.2, 0.25) is 0 Å². The maximum Gasteiger partial charge on any atom is 0.251 e. The van der Waals surface area contributed by atoms with E-state index in [9.17, 15) is 4.79 Å². The van der Waals surface area contributed by atoms with Gasteiger partial charge in [-0.05, 0) is 50.7 Å². The molecule has 0 spiro atoms. The molecule has 2 N–H and O–H groups in total. The van der Waals surface area contributed by atoms with Gasteiger partial charge in [-0.2, -0.15) is 0 Å². The van der Waals surface area contributed by atoms with Crippen LogP contribution in [0.15, 0.2) is 12.1 Å². The van der Waals surface area contributed by atoms with Crippen molar-refractivity contribution in [3.05, 3.63) is 23.4 Å². The second-order valence-corrected chi connectivity index (χ2v) is 5.97. The Kier molecular flexibility index (Phi) is 5.59. The van der Waals surface area contributed by atoms with Gasteiger partial charge < -0.3 is 10.6 Å². The van der Waals surface area contributed by atoms with Crippen molar-refractivity contribution in [2.24, 2.45) is 5.92 Å². The second kappa shape index (κ2) is 7.43. The van der Waals surface area contributed by atoms with E-state index >= 15 is 0 Å². The molecule has 0 radical (unpaired) electrons. The average Bonchev–Trinajstić information content (AvgIpc) is 2.42. The van der Waals surface area contributed by atoms with E-state index in [1.54, 1.807) is 0 Å². The van der Waals surface area contributed by atoms with Crippen LogP contribution < -0.4 is 10.6 Å². The van der Waals surface area contributed by atoms with Crippen LogP contribution in [0.1, 0.15) is 62.5 Å². The summed E-state index contributed by atoms with van der Waals surface area (Å²) in [4.78, 5) is 16.9. The monoisotopic (exact) mass is 289 g/mol. The highest BCUT2D eigenvalue weighted by molar-refractivity contribution is 5.95. The summed E-state index contributed by atoms with van der Waals surface area (Å²) in [6.07, 6.45) is 5.65. The average molecular weight is 289 g/mol. The lowest BCUT2D eigenvalue weighted by molar-refractivity contribution is 0.0909. The molecule has 1 fully saturated rings. The lowest BCUT2D eigenvalue weighted by atomic mass is 9.80. The predicted octanol–water partition coefficient (Wildman–Crippen LogP) is 3.38. The number of pyridine rings is 1. The molecule has 2 rings (SSSR count). The summed E-state index contributed by atoms with van der Waals surface area (Å²) in [6.45, 7) is 7.16. The number of hydrogen-bond donors (Lipinski definition) is 2. The SMILES string of the molecule is CCCNc1cc(C(=O)NC(C)C2CCC2)cc(CC)n1. The van der Waals surface area contributed by atoms with Crippen LogP contribution in [0.25, 0.3) is 0 Å². The van der Waals surface area contributed by atoms with Crippen LogP contribution in [-0.2, 0) is 6.42 Å². The Morgan fingerprint density at radius 1 is 1.38 bits per heavy atom. The summed E-state index contributed by atoms with van der Waals surface area (Å²) in [5.41, 5.74) is 1.67. The maximum atomic E-state index is 12.4. The van der Waals surface area contributed by atoms with E-state index in [4.69, 9.17) is 0 Å². The zero-order chi connectivity index (χ0) is 15.2. The quantitative estimate of drug-likeness (QED) is 0.809. The van der Waals surface area contributed by atoms with Crippen molar-refractivity contribution in [1.29, 1.82) is 0 Å². The van der Waals surface area contributed by atoms with E-state index in [2.05, 4.69) is 36.4 Å². The number of carbonyl (C=O) groups excluding carboxylic acids is 1. The van der Waals surface area contributed by atoms with Crippen LogP contribution in [0.2, 0.25) is 0 Å². The largest absolute Gasteiger partial charge is 0.370 e. The summed E-state index contributed by atoms with van der Waals surface area (Å²) < 4.78 is 0. The fourth-order valence-electron chi connectivity index (χ4n) is 2.59. The van der Waals surface area contributed by atoms with E-state index in [0.29, 0.717) is 11.5 Å². The van der Waals surface area contributed by atoms with Crippen LogP contribution in [0.3, 0.4) is 0 Å². The lowest BCUT2D eigenvalue weighted by Gasteiger charge is -2.31. The molecule has 1 amide bonds. The Labute approximate surface area is 127 Å². The Morgan fingerprint density at radius 2 is 2.14 bits per heavy atom. The van der Waals surface area contributed by atoms with Gasteiger partial charge in [0, 0.05) is 23.8 Å². The van der Waals surface area contributed by atoms with Gasteiger partial charge in [-0.1, -0.05) is 20.3 Å². The van der Waals surface area contributed by atoms with Crippen molar-refractivity contribution in [2.75, 3.05) is 11.9 Å². The number of rotatable bonds is 7. The molecule has 1 saturated carbocycles. The first-order valence-corrected chi connectivity index (χ1v) is 8.19. The minimum absolute atomic E-state index is 0.0195. The number of aryl methyl sites for hydroxylation is 1. The molecule has 1 aromatic rings. The standard InChI is InChI=1S/C17H27N3O/c1-4-9-18-16-11-14(10-15(5-2)20-16)17(21)19-12(3)13-7-6-8-13/h10-13H,4-9H2,1-3H3,(H,18,20)(H,19,21). The third kappa shape index (κ3) is 4.19. The molecule has 4 nitrogen and oxygen atoms in total. The Balaban J connectivity index is 2.07. The topological polar surface area (TPSA) is 54.0 Å². The van der Waals surface area contributed by atoms with Crippen molar-refractivity contribution in [1.82, 2.24) is 10.3 Å². The number of nitrogens with one attached hydrogen (secondary N) is 2. The fraction of sp³-hybridized carbons (Fsp3) is 0.647. The first kappa shape index (κ1) is 15.8. The third-order valence-electron chi connectivity index (χ3n) is 4.27. The van der Waals surface area contributed by atoms with Crippen LogP contribution >= 0.6 is 0 Å². The van der Waals surface area contributed by atoms with Gasteiger partial charge in [-0.25, -0.2) is 4.98 Å². The predicted molar refractivity (Wildman–Crippen MR) is 86.7 cm³/mol. The van der Waals surface area contributed by atoms with Gasteiger partial charge in [0.05, 0.1) is 0 Å². The van der Waals surface area contributed by atoms with Crippen LogP contribution in [0.5, 0.6) is 0 Å². The Bertz CT molecular complexity index is 483. The molecule has 0 aromatic carbocycles. The van der Waals surface area contributed by atoms with Crippen molar-refractivity contribution in [2.45, 2.75) is 58.9 Å². The number of carbonyl (C=O) groups is 1. The first-order valence-electron chi connectivity index (χ1n) is 8.19. The molecule has 1 heterocycles. The van der Waals surface area contributed by atoms with Crippen molar-refractivity contribution < 1.29 is 4.79 Å². The number of hydrogen-bond acceptors (Lipinski definition) is 3. The summed E-state index contributed by atoms with van der Waals surface area (Å²) >= 11 is 0. The van der Waals surface area contributed by atoms with E-state index in [-0.39, 0.29) is 11.9 Å².